The Labute approximate surface area is 89.5 Å². The Kier molecular flexibility index (Phi) is 6.35. The van der Waals surface area contributed by atoms with Crippen LogP contribution in [0.4, 0.5) is 0 Å². The van der Waals surface area contributed by atoms with Crippen molar-refractivity contribution in [2.45, 2.75) is 33.6 Å². The Morgan fingerprint density at radius 2 is 1.93 bits per heavy atom. The van der Waals surface area contributed by atoms with Gasteiger partial charge in [-0.2, -0.15) is 0 Å². The van der Waals surface area contributed by atoms with Gasteiger partial charge < -0.3 is 4.90 Å². The van der Waals surface area contributed by atoms with E-state index < -0.39 is 0 Å². The Morgan fingerprint density at radius 1 is 1.36 bits per heavy atom. The van der Waals surface area contributed by atoms with Crippen molar-refractivity contribution in [3.05, 3.63) is 24.4 Å². The zero-order valence-electron chi connectivity index (χ0n) is 10.4. The van der Waals surface area contributed by atoms with Gasteiger partial charge in [0.1, 0.15) is 0 Å². The van der Waals surface area contributed by atoms with Crippen LogP contribution in [0.15, 0.2) is 24.4 Å². The van der Waals surface area contributed by atoms with Crippen LogP contribution in [0.25, 0.3) is 0 Å². The van der Waals surface area contributed by atoms with Crippen molar-refractivity contribution in [2.75, 3.05) is 14.1 Å². The summed E-state index contributed by atoms with van der Waals surface area (Å²) in [6.45, 7) is 10.8. The third kappa shape index (κ3) is 5.11. The smallest absolute Gasteiger partial charge is 0.0284 e. The van der Waals surface area contributed by atoms with Crippen LogP contribution >= 0.6 is 0 Å². The molecular weight excluding hydrogens is 170 g/mol. The lowest BCUT2D eigenvalue weighted by Gasteiger charge is -2.17. The molecule has 0 amide bonds. The minimum Gasteiger partial charge on any atom is -0.378 e. The Bertz CT molecular complexity index is 191. The first-order chi connectivity index (χ1) is 6.49. The van der Waals surface area contributed by atoms with E-state index in [1.807, 2.05) is 19.0 Å². The van der Waals surface area contributed by atoms with Crippen molar-refractivity contribution in [1.29, 1.82) is 0 Å². The van der Waals surface area contributed by atoms with Crippen LogP contribution in [0.3, 0.4) is 0 Å². The van der Waals surface area contributed by atoms with Gasteiger partial charge in [0, 0.05) is 19.8 Å². The van der Waals surface area contributed by atoms with Gasteiger partial charge in [0.2, 0.25) is 0 Å². The van der Waals surface area contributed by atoms with Crippen LogP contribution in [-0.4, -0.2) is 19.0 Å². The maximum Gasteiger partial charge on any atom is 0.0284 e. The number of likely N-dealkylation sites (N-methyl/N-ethyl adjacent to an activating group) is 1. The average Bonchev–Trinajstić information content (AvgIpc) is 2.13. The minimum absolute atomic E-state index is 0.645. The van der Waals surface area contributed by atoms with Crippen LogP contribution in [0.5, 0.6) is 0 Å². The summed E-state index contributed by atoms with van der Waals surface area (Å²) in [6, 6.07) is 0. The van der Waals surface area contributed by atoms with Crippen molar-refractivity contribution in [3.63, 3.8) is 0 Å². The minimum atomic E-state index is 0.645. The third-order valence-corrected chi connectivity index (χ3v) is 2.81. The molecule has 2 unspecified atom stereocenters. The van der Waals surface area contributed by atoms with Gasteiger partial charge >= 0.3 is 0 Å². The van der Waals surface area contributed by atoms with E-state index in [2.05, 4.69) is 39.5 Å². The summed E-state index contributed by atoms with van der Waals surface area (Å²) in [5, 5.41) is 0. The first-order valence-electron chi connectivity index (χ1n) is 5.53. The molecule has 0 bridgehead atoms. The maximum absolute atomic E-state index is 3.97. The second kappa shape index (κ2) is 6.69. The highest BCUT2D eigenvalue weighted by molar-refractivity contribution is 5.13. The molecule has 0 saturated carbocycles. The van der Waals surface area contributed by atoms with E-state index in [0.717, 1.165) is 11.6 Å². The molecule has 0 aromatic heterocycles. The highest BCUT2D eigenvalue weighted by atomic mass is 15.1. The fraction of sp³-hybridized carbons (Fsp3) is 0.692. The molecule has 0 spiro atoms. The molecule has 0 radical (unpaired) electrons. The number of rotatable bonds is 6. The van der Waals surface area contributed by atoms with E-state index in [1.54, 1.807) is 0 Å². The van der Waals surface area contributed by atoms with Crippen molar-refractivity contribution >= 4 is 0 Å². The second-order valence-electron chi connectivity index (χ2n) is 4.37. The fourth-order valence-electron chi connectivity index (χ4n) is 1.32. The lowest BCUT2D eigenvalue weighted by atomic mass is 9.91. The van der Waals surface area contributed by atoms with Crippen LogP contribution < -0.4 is 0 Å². The molecule has 0 aromatic carbocycles. The quantitative estimate of drug-likeness (QED) is 0.584. The first-order valence-corrected chi connectivity index (χ1v) is 5.53. The number of allylic oxidation sites excluding steroid dienone is 2. The summed E-state index contributed by atoms with van der Waals surface area (Å²) in [6.07, 6.45) is 6.97. The van der Waals surface area contributed by atoms with Crippen LogP contribution in [-0.2, 0) is 0 Å². The molecular formula is C13H25N. The van der Waals surface area contributed by atoms with Crippen LogP contribution in [0.2, 0.25) is 0 Å². The SMILES string of the molecule is C=C(/C=C\C(C)C(C)CCC)N(C)C. The lowest BCUT2D eigenvalue weighted by molar-refractivity contribution is 0.422. The molecule has 0 aliphatic rings. The van der Waals surface area contributed by atoms with Gasteiger partial charge in [0.25, 0.3) is 0 Å². The van der Waals surface area contributed by atoms with E-state index in [4.69, 9.17) is 0 Å². The number of hydrogen-bond acceptors (Lipinski definition) is 1. The molecule has 0 aromatic rings. The molecule has 0 N–H and O–H groups in total. The van der Waals surface area contributed by atoms with Crippen LogP contribution in [0.1, 0.15) is 33.6 Å². The van der Waals surface area contributed by atoms with Crippen molar-refractivity contribution in [1.82, 2.24) is 4.90 Å². The predicted octanol–water partition coefficient (Wildman–Crippen LogP) is 3.69. The van der Waals surface area contributed by atoms with Crippen molar-refractivity contribution < 1.29 is 0 Å². The average molecular weight is 195 g/mol. The Balaban J connectivity index is 4.03. The predicted molar refractivity (Wildman–Crippen MR) is 65.2 cm³/mol. The summed E-state index contributed by atoms with van der Waals surface area (Å²) in [5.74, 6) is 1.41. The van der Waals surface area contributed by atoms with E-state index >= 15 is 0 Å². The summed E-state index contributed by atoms with van der Waals surface area (Å²) >= 11 is 0. The highest BCUT2D eigenvalue weighted by Crippen LogP contribution is 2.18. The van der Waals surface area contributed by atoms with E-state index in [1.165, 1.54) is 12.8 Å². The number of nitrogens with zero attached hydrogens (tertiary/aromatic N) is 1. The molecule has 0 fully saturated rings. The van der Waals surface area contributed by atoms with E-state index in [0.29, 0.717) is 5.92 Å². The topological polar surface area (TPSA) is 3.24 Å². The van der Waals surface area contributed by atoms with Gasteiger partial charge in [-0.1, -0.05) is 46.3 Å². The molecule has 2 atom stereocenters. The molecule has 0 aliphatic carbocycles. The zero-order valence-corrected chi connectivity index (χ0v) is 10.4. The number of hydrogen-bond donors (Lipinski definition) is 0. The molecule has 14 heavy (non-hydrogen) atoms. The normalized spacial score (nSPS) is 15.5. The van der Waals surface area contributed by atoms with E-state index in [-0.39, 0.29) is 0 Å². The molecule has 82 valence electrons. The van der Waals surface area contributed by atoms with Gasteiger partial charge in [-0.3, -0.25) is 0 Å². The maximum atomic E-state index is 3.97. The third-order valence-electron chi connectivity index (χ3n) is 2.81. The summed E-state index contributed by atoms with van der Waals surface area (Å²) in [7, 11) is 4.04. The Morgan fingerprint density at radius 3 is 2.36 bits per heavy atom. The highest BCUT2D eigenvalue weighted by Gasteiger charge is 2.07. The second-order valence-corrected chi connectivity index (χ2v) is 4.37. The fourth-order valence-corrected chi connectivity index (χ4v) is 1.32. The molecule has 0 saturated heterocycles. The monoisotopic (exact) mass is 195 g/mol. The van der Waals surface area contributed by atoms with E-state index in [9.17, 15) is 0 Å². The van der Waals surface area contributed by atoms with Gasteiger partial charge in [-0.05, 0) is 17.9 Å². The van der Waals surface area contributed by atoms with Crippen LogP contribution in [0, 0.1) is 11.8 Å². The van der Waals surface area contributed by atoms with Gasteiger partial charge in [0.15, 0.2) is 0 Å². The standard InChI is InChI=1S/C13H25N/c1-7-8-11(2)12(3)9-10-13(4)14(5)6/h9-12H,4,7-8H2,1-3,5-6H3/b10-9-. The molecule has 0 rings (SSSR count). The first kappa shape index (κ1) is 13.3. The van der Waals surface area contributed by atoms with Crippen molar-refractivity contribution in [2.24, 2.45) is 11.8 Å². The summed E-state index contributed by atoms with van der Waals surface area (Å²) in [5.41, 5.74) is 1.07. The van der Waals surface area contributed by atoms with Gasteiger partial charge in [0.05, 0.1) is 0 Å². The van der Waals surface area contributed by atoms with Gasteiger partial charge in [-0.25, -0.2) is 0 Å². The zero-order chi connectivity index (χ0) is 11.1. The largest absolute Gasteiger partial charge is 0.378 e. The molecule has 0 aliphatic heterocycles. The van der Waals surface area contributed by atoms with Gasteiger partial charge in [-0.15, -0.1) is 0 Å². The summed E-state index contributed by atoms with van der Waals surface area (Å²) < 4.78 is 0. The Hall–Kier alpha value is -0.720. The summed E-state index contributed by atoms with van der Waals surface area (Å²) in [4.78, 5) is 2.04. The molecule has 1 nitrogen and oxygen atoms in total. The van der Waals surface area contributed by atoms with Crippen molar-refractivity contribution in [3.8, 4) is 0 Å². The molecule has 1 heteroatoms. The molecule has 0 heterocycles. The lowest BCUT2D eigenvalue weighted by Crippen LogP contribution is -2.09.